The van der Waals surface area contributed by atoms with Gasteiger partial charge in [0, 0.05) is 15.6 Å². The number of hydrogen-bond acceptors (Lipinski definition) is 4. The Morgan fingerprint density at radius 3 is 2.75 bits per heavy atom. The molecule has 3 rings (SSSR count). The minimum Gasteiger partial charge on any atom is -0.507 e. The molecule has 0 unspecified atom stereocenters. The summed E-state index contributed by atoms with van der Waals surface area (Å²) in [5, 5.41) is 15.2. The van der Waals surface area contributed by atoms with Crippen LogP contribution in [0.15, 0.2) is 47.6 Å². The van der Waals surface area contributed by atoms with Crippen LogP contribution in [0.3, 0.4) is 0 Å². The Kier molecular flexibility index (Phi) is 4.55. The Balaban J connectivity index is 1.86. The summed E-state index contributed by atoms with van der Waals surface area (Å²) in [6.07, 6.45) is 0. The number of amides is 1. The molecule has 4 nitrogen and oxygen atoms in total. The molecule has 0 spiro atoms. The molecule has 0 aliphatic heterocycles. The maximum atomic E-state index is 12.4. The second-order valence-electron chi connectivity index (χ2n) is 5.40. The number of thiophene rings is 1. The van der Waals surface area contributed by atoms with Crippen molar-refractivity contribution in [3.8, 4) is 5.75 Å². The van der Waals surface area contributed by atoms with Crippen LogP contribution >= 0.6 is 22.9 Å². The van der Waals surface area contributed by atoms with E-state index >= 15 is 0 Å². The van der Waals surface area contributed by atoms with Crippen molar-refractivity contribution >= 4 is 44.6 Å². The Morgan fingerprint density at radius 1 is 1.25 bits per heavy atom. The number of phenolic OH excluding ortho intramolecular Hbond substituents is 1. The highest BCUT2D eigenvalue weighted by Crippen LogP contribution is 2.35. The van der Waals surface area contributed by atoms with Crippen molar-refractivity contribution in [2.24, 2.45) is 5.10 Å². The predicted octanol–water partition coefficient (Wildman–Crippen LogP) is 4.72. The molecule has 0 saturated carbocycles. The summed E-state index contributed by atoms with van der Waals surface area (Å²) >= 11 is 7.66. The van der Waals surface area contributed by atoms with Crippen LogP contribution in [0, 0.1) is 6.92 Å². The number of carbonyl (C=O) groups excluding carboxylic acids is 1. The Bertz CT molecular complexity index is 963. The fraction of sp³-hybridized carbons (Fsp3) is 0.111. The highest BCUT2D eigenvalue weighted by Gasteiger charge is 2.17. The summed E-state index contributed by atoms with van der Waals surface area (Å²) in [5.41, 5.74) is 4.69. The van der Waals surface area contributed by atoms with E-state index in [0.29, 0.717) is 21.2 Å². The van der Waals surface area contributed by atoms with Gasteiger partial charge in [0.05, 0.1) is 10.7 Å². The first kappa shape index (κ1) is 16.5. The van der Waals surface area contributed by atoms with Crippen LogP contribution in [0.2, 0.25) is 5.02 Å². The lowest BCUT2D eigenvalue weighted by Crippen LogP contribution is -2.18. The monoisotopic (exact) mass is 358 g/mol. The molecule has 1 aromatic heterocycles. The quantitative estimate of drug-likeness (QED) is 0.525. The number of nitrogens with one attached hydrogen (secondary N) is 1. The summed E-state index contributed by atoms with van der Waals surface area (Å²) in [7, 11) is 0. The smallest absolute Gasteiger partial charge is 0.283 e. The van der Waals surface area contributed by atoms with Gasteiger partial charge in [0.1, 0.15) is 10.6 Å². The molecule has 0 aliphatic rings. The Hall–Kier alpha value is -2.37. The molecule has 122 valence electrons. The normalized spacial score (nSPS) is 11.7. The topological polar surface area (TPSA) is 61.7 Å². The van der Waals surface area contributed by atoms with Gasteiger partial charge < -0.3 is 5.11 Å². The van der Waals surface area contributed by atoms with Crippen molar-refractivity contribution in [2.45, 2.75) is 13.8 Å². The van der Waals surface area contributed by atoms with Crippen molar-refractivity contribution in [1.29, 1.82) is 0 Å². The van der Waals surface area contributed by atoms with Gasteiger partial charge >= 0.3 is 0 Å². The van der Waals surface area contributed by atoms with E-state index in [4.69, 9.17) is 11.6 Å². The first-order chi connectivity index (χ1) is 11.5. The summed E-state index contributed by atoms with van der Waals surface area (Å²) in [4.78, 5) is 12.8. The third-order valence-corrected chi connectivity index (χ3v) is 5.27. The van der Waals surface area contributed by atoms with E-state index in [-0.39, 0.29) is 11.7 Å². The zero-order chi connectivity index (χ0) is 17.3. The molecule has 24 heavy (non-hydrogen) atoms. The molecule has 3 aromatic rings. The van der Waals surface area contributed by atoms with Gasteiger partial charge in [-0.15, -0.1) is 11.3 Å². The predicted molar refractivity (Wildman–Crippen MR) is 99.4 cm³/mol. The van der Waals surface area contributed by atoms with Crippen molar-refractivity contribution in [3.63, 3.8) is 0 Å². The molecular weight excluding hydrogens is 344 g/mol. The minimum absolute atomic E-state index is 0.114. The van der Waals surface area contributed by atoms with Crippen LogP contribution in [0.4, 0.5) is 0 Å². The molecule has 1 amide bonds. The van der Waals surface area contributed by atoms with Crippen molar-refractivity contribution in [1.82, 2.24) is 5.43 Å². The number of para-hydroxylation sites is 1. The lowest BCUT2D eigenvalue weighted by molar-refractivity contribution is 0.0959. The van der Waals surface area contributed by atoms with E-state index < -0.39 is 0 Å². The van der Waals surface area contributed by atoms with Crippen LogP contribution in [-0.2, 0) is 0 Å². The SMILES string of the molecule is C/C(=N/NC(=O)c1sc2cc(C)ccc2c1Cl)c1ccccc1O. The summed E-state index contributed by atoms with van der Waals surface area (Å²) in [6, 6.07) is 12.7. The van der Waals surface area contributed by atoms with Crippen LogP contribution in [-0.4, -0.2) is 16.7 Å². The molecule has 0 saturated heterocycles. The van der Waals surface area contributed by atoms with Crippen molar-refractivity contribution in [3.05, 3.63) is 63.5 Å². The first-order valence-corrected chi connectivity index (χ1v) is 8.48. The summed E-state index contributed by atoms with van der Waals surface area (Å²) < 4.78 is 0.964. The molecule has 0 fully saturated rings. The van der Waals surface area contributed by atoms with E-state index in [1.165, 1.54) is 11.3 Å². The zero-order valence-corrected chi connectivity index (χ0v) is 14.7. The van der Waals surface area contributed by atoms with Crippen molar-refractivity contribution in [2.75, 3.05) is 0 Å². The van der Waals surface area contributed by atoms with Crippen LogP contribution in [0.5, 0.6) is 5.75 Å². The van der Waals surface area contributed by atoms with Gasteiger partial charge in [0.2, 0.25) is 0 Å². The van der Waals surface area contributed by atoms with Gasteiger partial charge in [-0.25, -0.2) is 5.43 Å². The van der Waals surface area contributed by atoms with E-state index in [2.05, 4.69) is 10.5 Å². The second-order valence-corrected chi connectivity index (χ2v) is 6.83. The molecule has 2 aromatic carbocycles. The molecule has 0 radical (unpaired) electrons. The summed E-state index contributed by atoms with van der Waals surface area (Å²) in [5.74, 6) is -0.253. The third-order valence-electron chi connectivity index (χ3n) is 3.61. The van der Waals surface area contributed by atoms with Gasteiger partial charge in [-0.05, 0) is 37.6 Å². The number of carbonyl (C=O) groups is 1. The third kappa shape index (κ3) is 3.13. The maximum absolute atomic E-state index is 12.4. The molecule has 6 heteroatoms. The number of fused-ring (bicyclic) bond motifs is 1. The zero-order valence-electron chi connectivity index (χ0n) is 13.1. The van der Waals surface area contributed by atoms with Crippen LogP contribution in [0.25, 0.3) is 10.1 Å². The fourth-order valence-corrected chi connectivity index (χ4v) is 3.85. The molecule has 2 N–H and O–H groups in total. The number of nitrogens with zero attached hydrogens (tertiary/aromatic N) is 1. The molecular formula is C18H15ClN2O2S. The molecule has 0 atom stereocenters. The maximum Gasteiger partial charge on any atom is 0.283 e. The van der Waals surface area contributed by atoms with Gasteiger partial charge in [-0.3, -0.25) is 4.79 Å². The standard InChI is InChI=1S/C18H15ClN2O2S/c1-10-7-8-13-15(9-10)24-17(16(13)19)18(23)21-20-11(2)12-5-3-4-6-14(12)22/h3-9,22H,1-2H3,(H,21,23)/b20-11-. The van der Waals surface area contributed by atoms with Crippen LogP contribution in [0.1, 0.15) is 27.7 Å². The minimum atomic E-state index is -0.367. The number of phenols is 1. The highest BCUT2D eigenvalue weighted by molar-refractivity contribution is 7.21. The van der Waals surface area contributed by atoms with E-state index in [1.54, 1.807) is 31.2 Å². The second kappa shape index (κ2) is 6.63. The number of hydrogen-bond donors (Lipinski definition) is 2. The largest absolute Gasteiger partial charge is 0.507 e. The summed E-state index contributed by atoms with van der Waals surface area (Å²) in [6.45, 7) is 3.71. The van der Waals surface area contributed by atoms with Crippen molar-refractivity contribution < 1.29 is 9.90 Å². The number of benzene rings is 2. The average molecular weight is 359 g/mol. The lowest BCUT2D eigenvalue weighted by atomic mass is 10.1. The van der Waals surface area contributed by atoms with Gasteiger partial charge in [-0.2, -0.15) is 5.10 Å². The van der Waals surface area contributed by atoms with E-state index in [0.717, 1.165) is 15.6 Å². The van der Waals surface area contributed by atoms with Gasteiger partial charge in [-0.1, -0.05) is 35.9 Å². The number of rotatable bonds is 3. The first-order valence-electron chi connectivity index (χ1n) is 7.29. The Morgan fingerprint density at radius 2 is 2.00 bits per heavy atom. The number of aryl methyl sites for hydroxylation is 1. The van der Waals surface area contributed by atoms with Gasteiger partial charge in [0.25, 0.3) is 5.91 Å². The number of halogens is 1. The fourth-order valence-electron chi connectivity index (χ4n) is 2.34. The van der Waals surface area contributed by atoms with E-state index in [9.17, 15) is 9.90 Å². The highest BCUT2D eigenvalue weighted by atomic mass is 35.5. The van der Waals surface area contributed by atoms with Gasteiger partial charge in [0.15, 0.2) is 0 Å². The molecule has 0 bridgehead atoms. The lowest BCUT2D eigenvalue weighted by Gasteiger charge is -2.04. The molecule has 0 aliphatic carbocycles. The number of hydrazone groups is 1. The number of aromatic hydroxyl groups is 1. The van der Waals surface area contributed by atoms with Crippen LogP contribution < -0.4 is 5.43 Å². The average Bonchev–Trinajstić information content (AvgIpc) is 2.89. The Labute approximate surface area is 148 Å². The molecule has 1 heterocycles. The van der Waals surface area contributed by atoms with E-state index in [1.807, 2.05) is 25.1 Å².